The first-order valence-corrected chi connectivity index (χ1v) is 7.57. The van der Waals surface area contributed by atoms with Crippen molar-refractivity contribution in [1.82, 2.24) is 10.6 Å². The zero-order chi connectivity index (χ0) is 14.3. The van der Waals surface area contributed by atoms with Crippen LogP contribution in [0.5, 0.6) is 0 Å². The van der Waals surface area contributed by atoms with E-state index in [0.717, 1.165) is 42.5 Å². The van der Waals surface area contributed by atoms with E-state index in [2.05, 4.69) is 40.4 Å². The zero-order valence-electron chi connectivity index (χ0n) is 12.0. The van der Waals surface area contributed by atoms with Crippen molar-refractivity contribution in [3.05, 3.63) is 34.1 Å². The fourth-order valence-electron chi connectivity index (χ4n) is 2.06. The Balaban J connectivity index is 2.48. The molecule has 0 aromatic heterocycles. The summed E-state index contributed by atoms with van der Waals surface area (Å²) in [6.07, 6.45) is 2.30. The fraction of sp³-hybridized carbons (Fsp3) is 0.600. The molecule has 1 aromatic carbocycles. The SMILES string of the molecule is CNCCCCNCC(C)(C)c1cc(Br)ccc1F. The number of hydrogen-bond acceptors (Lipinski definition) is 2. The molecule has 1 rings (SSSR count). The van der Waals surface area contributed by atoms with Gasteiger partial charge in [-0.1, -0.05) is 29.8 Å². The Bertz CT molecular complexity index is 394. The lowest BCUT2D eigenvalue weighted by molar-refractivity contribution is 0.440. The van der Waals surface area contributed by atoms with Crippen LogP contribution < -0.4 is 10.6 Å². The predicted molar refractivity (Wildman–Crippen MR) is 83.2 cm³/mol. The highest BCUT2D eigenvalue weighted by atomic mass is 79.9. The van der Waals surface area contributed by atoms with Gasteiger partial charge in [0.2, 0.25) is 0 Å². The largest absolute Gasteiger partial charge is 0.320 e. The molecule has 0 aliphatic rings. The molecule has 0 unspecified atom stereocenters. The molecule has 0 fully saturated rings. The Labute approximate surface area is 124 Å². The second-order valence-corrected chi connectivity index (χ2v) is 6.41. The normalized spacial score (nSPS) is 11.8. The second kappa shape index (κ2) is 7.98. The lowest BCUT2D eigenvalue weighted by atomic mass is 9.84. The molecular weight excluding hydrogens is 307 g/mol. The van der Waals surface area contributed by atoms with Gasteiger partial charge in [0.1, 0.15) is 5.82 Å². The Kier molecular flexibility index (Phi) is 6.97. The van der Waals surface area contributed by atoms with Gasteiger partial charge in [-0.2, -0.15) is 0 Å². The Morgan fingerprint density at radius 2 is 1.89 bits per heavy atom. The van der Waals surface area contributed by atoms with Crippen molar-refractivity contribution >= 4 is 15.9 Å². The van der Waals surface area contributed by atoms with Gasteiger partial charge in [0, 0.05) is 16.4 Å². The molecule has 0 atom stereocenters. The molecule has 108 valence electrons. The van der Waals surface area contributed by atoms with Crippen LogP contribution in [0.1, 0.15) is 32.3 Å². The summed E-state index contributed by atoms with van der Waals surface area (Å²) >= 11 is 3.41. The minimum absolute atomic E-state index is 0.134. The van der Waals surface area contributed by atoms with Crippen LogP contribution in [0.25, 0.3) is 0 Å². The Morgan fingerprint density at radius 3 is 2.58 bits per heavy atom. The van der Waals surface area contributed by atoms with Crippen LogP contribution in [-0.4, -0.2) is 26.7 Å². The maximum Gasteiger partial charge on any atom is 0.127 e. The van der Waals surface area contributed by atoms with E-state index < -0.39 is 0 Å². The van der Waals surface area contributed by atoms with Crippen molar-refractivity contribution in [1.29, 1.82) is 0 Å². The van der Waals surface area contributed by atoms with E-state index in [1.807, 2.05) is 13.1 Å². The maximum absolute atomic E-state index is 13.9. The standard InChI is InChI=1S/C15H24BrFN2/c1-15(2,11-19-9-5-4-8-18-3)13-10-12(16)6-7-14(13)17/h6-7,10,18-19H,4-5,8-9,11H2,1-3H3. The minimum Gasteiger partial charge on any atom is -0.320 e. The van der Waals surface area contributed by atoms with E-state index >= 15 is 0 Å². The lowest BCUT2D eigenvalue weighted by Crippen LogP contribution is -2.34. The molecule has 2 nitrogen and oxygen atoms in total. The number of hydrogen-bond donors (Lipinski definition) is 2. The number of halogens is 2. The molecular formula is C15H24BrFN2. The van der Waals surface area contributed by atoms with Gasteiger partial charge in [-0.25, -0.2) is 4.39 Å². The Hall–Kier alpha value is -0.450. The zero-order valence-corrected chi connectivity index (χ0v) is 13.6. The smallest absolute Gasteiger partial charge is 0.127 e. The molecule has 0 radical (unpaired) electrons. The van der Waals surface area contributed by atoms with Crippen molar-refractivity contribution in [3.8, 4) is 0 Å². The molecule has 0 heterocycles. The molecule has 0 saturated heterocycles. The molecule has 0 saturated carbocycles. The highest BCUT2D eigenvalue weighted by Gasteiger charge is 2.23. The predicted octanol–water partition coefficient (Wildman–Crippen LogP) is 3.46. The number of benzene rings is 1. The monoisotopic (exact) mass is 330 g/mol. The average molecular weight is 331 g/mol. The summed E-state index contributed by atoms with van der Waals surface area (Å²) in [6, 6.07) is 5.13. The quantitative estimate of drug-likeness (QED) is 0.713. The van der Waals surface area contributed by atoms with Gasteiger partial charge in [-0.3, -0.25) is 0 Å². The molecule has 0 aliphatic heterocycles. The summed E-state index contributed by atoms with van der Waals surface area (Å²) in [5, 5.41) is 6.55. The summed E-state index contributed by atoms with van der Waals surface area (Å²) < 4.78 is 14.8. The van der Waals surface area contributed by atoms with Crippen LogP contribution >= 0.6 is 15.9 Å². The van der Waals surface area contributed by atoms with Crippen molar-refractivity contribution in [2.75, 3.05) is 26.7 Å². The van der Waals surface area contributed by atoms with E-state index in [0.29, 0.717) is 0 Å². The second-order valence-electron chi connectivity index (χ2n) is 5.50. The molecule has 0 spiro atoms. The van der Waals surface area contributed by atoms with E-state index in [-0.39, 0.29) is 11.2 Å². The van der Waals surface area contributed by atoms with Gasteiger partial charge in [0.25, 0.3) is 0 Å². The van der Waals surface area contributed by atoms with Crippen LogP contribution in [0.15, 0.2) is 22.7 Å². The first kappa shape index (κ1) is 16.6. The minimum atomic E-state index is -0.211. The van der Waals surface area contributed by atoms with Crippen LogP contribution in [0.2, 0.25) is 0 Å². The number of nitrogens with one attached hydrogen (secondary N) is 2. The third-order valence-corrected chi connectivity index (χ3v) is 3.75. The van der Waals surface area contributed by atoms with Crippen LogP contribution in [-0.2, 0) is 5.41 Å². The van der Waals surface area contributed by atoms with Gasteiger partial charge in [-0.05, 0) is 56.7 Å². The average Bonchev–Trinajstić information content (AvgIpc) is 2.36. The molecule has 1 aromatic rings. The third-order valence-electron chi connectivity index (χ3n) is 3.25. The first-order valence-electron chi connectivity index (χ1n) is 6.78. The maximum atomic E-state index is 13.9. The summed E-state index contributed by atoms with van der Waals surface area (Å²) in [6.45, 7) is 6.93. The van der Waals surface area contributed by atoms with Gasteiger partial charge in [0.15, 0.2) is 0 Å². The van der Waals surface area contributed by atoms with E-state index in [9.17, 15) is 4.39 Å². The van der Waals surface area contributed by atoms with Gasteiger partial charge in [0.05, 0.1) is 0 Å². The molecule has 2 N–H and O–H groups in total. The summed E-state index contributed by atoms with van der Waals surface area (Å²) in [7, 11) is 1.96. The highest BCUT2D eigenvalue weighted by Crippen LogP contribution is 2.27. The van der Waals surface area contributed by atoms with Crippen molar-refractivity contribution in [2.45, 2.75) is 32.1 Å². The van der Waals surface area contributed by atoms with Gasteiger partial charge >= 0.3 is 0 Å². The molecule has 0 bridgehead atoms. The Morgan fingerprint density at radius 1 is 1.21 bits per heavy atom. The van der Waals surface area contributed by atoms with Crippen LogP contribution in [0.4, 0.5) is 4.39 Å². The van der Waals surface area contributed by atoms with Crippen LogP contribution in [0.3, 0.4) is 0 Å². The molecule has 19 heavy (non-hydrogen) atoms. The molecule has 0 aliphatic carbocycles. The molecule has 4 heteroatoms. The van der Waals surface area contributed by atoms with Gasteiger partial charge in [-0.15, -0.1) is 0 Å². The topological polar surface area (TPSA) is 24.1 Å². The third kappa shape index (κ3) is 5.59. The first-order chi connectivity index (χ1) is 8.97. The lowest BCUT2D eigenvalue weighted by Gasteiger charge is -2.26. The van der Waals surface area contributed by atoms with Gasteiger partial charge < -0.3 is 10.6 Å². The number of unbranched alkanes of at least 4 members (excludes halogenated alkanes) is 1. The molecule has 0 amide bonds. The van der Waals surface area contributed by atoms with Crippen molar-refractivity contribution in [3.63, 3.8) is 0 Å². The summed E-state index contributed by atoms with van der Waals surface area (Å²) in [5.74, 6) is -0.134. The van der Waals surface area contributed by atoms with E-state index in [1.54, 1.807) is 6.07 Å². The van der Waals surface area contributed by atoms with Crippen LogP contribution in [0, 0.1) is 5.82 Å². The fourth-order valence-corrected chi connectivity index (χ4v) is 2.43. The highest BCUT2D eigenvalue weighted by molar-refractivity contribution is 9.10. The van der Waals surface area contributed by atoms with Crippen molar-refractivity contribution < 1.29 is 4.39 Å². The number of rotatable bonds is 8. The summed E-state index contributed by atoms with van der Waals surface area (Å²) in [4.78, 5) is 0. The summed E-state index contributed by atoms with van der Waals surface area (Å²) in [5.41, 5.74) is 0.543. The van der Waals surface area contributed by atoms with E-state index in [4.69, 9.17) is 0 Å². The van der Waals surface area contributed by atoms with Crippen molar-refractivity contribution in [2.24, 2.45) is 0 Å². The van der Waals surface area contributed by atoms with E-state index in [1.165, 1.54) is 6.07 Å².